The van der Waals surface area contributed by atoms with Crippen molar-refractivity contribution in [2.24, 2.45) is 11.7 Å². The molecule has 0 aromatic heterocycles. The number of piperazine rings is 1. The molecule has 2 atom stereocenters. The van der Waals surface area contributed by atoms with Gasteiger partial charge < -0.3 is 15.4 Å². The van der Waals surface area contributed by atoms with Crippen LogP contribution in [0.3, 0.4) is 0 Å². The molecule has 2 N–H and O–H groups in total. The lowest BCUT2D eigenvalue weighted by atomic mass is 10.0. The Bertz CT molecular complexity index is 333. The number of rotatable bonds is 3. The fourth-order valence-corrected chi connectivity index (χ4v) is 2.46. The number of hydrogen-bond acceptors (Lipinski definition) is 5. The summed E-state index contributed by atoms with van der Waals surface area (Å²) in [6, 6.07) is 1.99. The summed E-state index contributed by atoms with van der Waals surface area (Å²) in [5, 5.41) is 8.54. The van der Waals surface area contributed by atoms with Crippen molar-refractivity contribution >= 4 is 5.91 Å². The van der Waals surface area contributed by atoms with Gasteiger partial charge in [0.15, 0.2) is 0 Å². The van der Waals surface area contributed by atoms with Crippen molar-refractivity contribution in [1.82, 2.24) is 9.80 Å². The average molecular weight is 252 g/mol. The van der Waals surface area contributed by atoms with E-state index in [1.807, 2.05) is 4.90 Å². The molecule has 0 aromatic rings. The van der Waals surface area contributed by atoms with Crippen molar-refractivity contribution < 1.29 is 9.53 Å². The Kier molecular flexibility index (Phi) is 4.53. The van der Waals surface area contributed by atoms with E-state index in [1.54, 1.807) is 0 Å². The number of ether oxygens (including phenoxy) is 1. The number of hydrogen-bond donors (Lipinski definition) is 1. The van der Waals surface area contributed by atoms with Crippen LogP contribution in [0, 0.1) is 17.2 Å². The van der Waals surface area contributed by atoms with Crippen LogP contribution in [0.15, 0.2) is 0 Å². The molecule has 0 aromatic carbocycles. The highest BCUT2D eigenvalue weighted by molar-refractivity contribution is 5.80. The van der Waals surface area contributed by atoms with E-state index in [0.717, 1.165) is 32.7 Å². The van der Waals surface area contributed by atoms with E-state index in [0.29, 0.717) is 19.6 Å². The quantitative estimate of drug-likeness (QED) is 0.698. The minimum absolute atomic E-state index is 0.125. The van der Waals surface area contributed by atoms with E-state index in [2.05, 4.69) is 11.0 Å². The Balaban J connectivity index is 1.79. The Morgan fingerprint density at radius 2 is 2.06 bits per heavy atom. The van der Waals surface area contributed by atoms with Gasteiger partial charge in [-0.1, -0.05) is 0 Å². The van der Waals surface area contributed by atoms with Gasteiger partial charge in [-0.25, -0.2) is 0 Å². The molecule has 1 amide bonds. The van der Waals surface area contributed by atoms with Gasteiger partial charge in [0.1, 0.15) is 0 Å². The molecule has 6 heteroatoms. The number of nitrogens with two attached hydrogens (primary N) is 1. The van der Waals surface area contributed by atoms with Crippen LogP contribution < -0.4 is 5.73 Å². The molecule has 2 aliphatic rings. The van der Waals surface area contributed by atoms with E-state index >= 15 is 0 Å². The molecule has 2 fully saturated rings. The van der Waals surface area contributed by atoms with Gasteiger partial charge in [0.2, 0.25) is 5.91 Å². The van der Waals surface area contributed by atoms with Crippen LogP contribution in [0.5, 0.6) is 0 Å². The lowest BCUT2D eigenvalue weighted by molar-refractivity contribution is -0.137. The summed E-state index contributed by atoms with van der Waals surface area (Å²) in [7, 11) is 0. The predicted octanol–water partition coefficient (Wildman–Crippen LogP) is -0.982. The van der Waals surface area contributed by atoms with Crippen molar-refractivity contribution in [1.29, 1.82) is 5.26 Å². The minimum atomic E-state index is -0.171. The predicted molar refractivity (Wildman–Crippen MR) is 65.5 cm³/mol. The highest BCUT2D eigenvalue weighted by atomic mass is 16.5. The lowest BCUT2D eigenvalue weighted by Gasteiger charge is -2.35. The zero-order valence-electron chi connectivity index (χ0n) is 10.5. The minimum Gasteiger partial charge on any atom is -0.379 e. The summed E-state index contributed by atoms with van der Waals surface area (Å²) < 4.78 is 5.24. The van der Waals surface area contributed by atoms with Crippen molar-refractivity contribution in [3.63, 3.8) is 0 Å². The number of carbonyl (C=O) groups is 1. The number of carbonyl (C=O) groups excluding carboxylic acids is 1. The zero-order valence-corrected chi connectivity index (χ0v) is 10.5. The molecule has 0 aliphatic carbocycles. The van der Waals surface area contributed by atoms with Crippen LogP contribution in [0.1, 0.15) is 6.42 Å². The second-order valence-corrected chi connectivity index (χ2v) is 4.88. The Hall–Kier alpha value is -1.16. The van der Waals surface area contributed by atoms with Crippen LogP contribution >= 0.6 is 0 Å². The highest BCUT2D eigenvalue weighted by Crippen LogP contribution is 2.16. The lowest BCUT2D eigenvalue weighted by Crippen LogP contribution is -2.52. The summed E-state index contributed by atoms with van der Waals surface area (Å²) in [6.07, 6.45) is 0.551. The van der Waals surface area contributed by atoms with Gasteiger partial charge in [-0.05, 0) is 0 Å². The first kappa shape index (κ1) is 13.3. The molecule has 2 heterocycles. The fraction of sp³-hybridized carbons (Fsp3) is 0.833. The van der Waals surface area contributed by atoms with Crippen LogP contribution in [0.4, 0.5) is 0 Å². The molecule has 0 saturated carbocycles. The van der Waals surface area contributed by atoms with Crippen LogP contribution in [-0.2, 0) is 9.53 Å². The van der Waals surface area contributed by atoms with Crippen LogP contribution in [0.25, 0.3) is 0 Å². The molecule has 0 spiro atoms. The molecule has 2 rings (SSSR count). The second kappa shape index (κ2) is 6.14. The Morgan fingerprint density at radius 1 is 1.33 bits per heavy atom. The maximum Gasteiger partial charge on any atom is 0.229 e. The zero-order chi connectivity index (χ0) is 13.0. The maximum atomic E-state index is 12.2. The van der Waals surface area contributed by atoms with Gasteiger partial charge in [-0.2, -0.15) is 5.26 Å². The molecular formula is C12H20N4O2. The van der Waals surface area contributed by atoms with Crippen molar-refractivity contribution in [2.75, 3.05) is 45.9 Å². The highest BCUT2D eigenvalue weighted by Gasteiger charge is 2.35. The molecule has 2 aliphatic heterocycles. The topological polar surface area (TPSA) is 82.6 Å². The van der Waals surface area contributed by atoms with Crippen molar-refractivity contribution in [2.45, 2.75) is 12.5 Å². The molecule has 2 unspecified atom stereocenters. The first-order valence-corrected chi connectivity index (χ1v) is 6.44. The summed E-state index contributed by atoms with van der Waals surface area (Å²) >= 11 is 0. The fourth-order valence-electron chi connectivity index (χ4n) is 2.46. The summed E-state index contributed by atoms with van der Waals surface area (Å²) in [5.41, 5.74) is 5.86. The molecule has 100 valence electrons. The maximum absolute atomic E-state index is 12.2. The standard InChI is InChI=1S/C12H20N4O2/c13-2-1-3-15-4-6-16(7-5-15)12(17)10-8-18-9-11(10)14/h10-11H,1,3-9,14H2. The SMILES string of the molecule is N#CCCN1CCN(C(=O)C2COCC2N)CC1. The normalized spacial score (nSPS) is 29.2. The monoisotopic (exact) mass is 252 g/mol. The first-order valence-electron chi connectivity index (χ1n) is 6.44. The largest absolute Gasteiger partial charge is 0.379 e. The average Bonchev–Trinajstić information content (AvgIpc) is 2.82. The molecule has 0 bridgehead atoms. The second-order valence-electron chi connectivity index (χ2n) is 4.88. The van der Waals surface area contributed by atoms with Crippen molar-refractivity contribution in [3.05, 3.63) is 0 Å². The van der Waals surface area contributed by atoms with E-state index < -0.39 is 0 Å². The number of nitrogens with zero attached hydrogens (tertiary/aromatic N) is 3. The van der Waals surface area contributed by atoms with E-state index in [4.69, 9.17) is 15.7 Å². The summed E-state index contributed by atoms with van der Waals surface area (Å²) in [6.45, 7) is 4.88. The van der Waals surface area contributed by atoms with Gasteiger partial charge in [-0.15, -0.1) is 0 Å². The third kappa shape index (κ3) is 2.99. The van der Waals surface area contributed by atoms with Gasteiger partial charge in [-0.3, -0.25) is 9.69 Å². The van der Waals surface area contributed by atoms with E-state index in [9.17, 15) is 4.79 Å². The molecule has 2 saturated heterocycles. The van der Waals surface area contributed by atoms with Gasteiger partial charge in [0.05, 0.1) is 25.2 Å². The Morgan fingerprint density at radius 3 is 2.61 bits per heavy atom. The number of amides is 1. The smallest absolute Gasteiger partial charge is 0.229 e. The molecule has 0 radical (unpaired) electrons. The van der Waals surface area contributed by atoms with E-state index in [-0.39, 0.29) is 17.9 Å². The summed E-state index contributed by atoms with van der Waals surface area (Å²) in [5.74, 6) is -0.0457. The van der Waals surface area contributed by atoms with Gasteiger partial charge in [0.25, 0.3) is 0 Å². The van der Waals surface area contributed by atoms with Gasteiger partial charge >= 0.3 is 0 Å². The third-order valence-corrected chi connectivity index (χ3v) is 3.67. The third-order valence-electron chi connectivity index (χ3n) is 3.67. The first-order chi connectivity index (χ1) is 8.72. The van der Waals surface area contributed by atoms with Crippen LogP contribution in [-0.4, -0.2) is 67.7 Å². The Labute approximate surface area is 107 Å². The molecule has 6 nitrogen and oxygen atoms in total. The molecular weight excluding hydrogens is 232 g/mol. The number of nitriles is 1. The summed E-state index contributed by atoms with van der Waals surface area (Å²) in [4.78, 5) is 16.3. The van der Waals surface area contributed by atoms with Crippen LogP contribution in [0.2, 0.25) is 0 Å². The van der Waals surface area contributed by atoms with Gasteiger partial charge in [0, 0.05) is 45.2 Å². The van der Waals surface area contributed by atoms with E-state index in [1.165, 1.54) is 0 Å². The van der Waals surface area contributed by atoms with Crippen molar-refractivity contribution in [3.8, 4) is 6.07 Å². The molecule has 18 heavy (non-hydrogen) atoms.